The number of amides is 1. The second-order valence-corrected chi connectivity index (χ2v) is 11.9. The van der Waals surface area contributed by atoms with Crippen LogP contribution >= 0.6 is 0 Å². The quantitative estimate of drug-likeness (QED) is 0.210. The second kappa shape index (κ2) is 12.1. The summed E-state index contributed by atoms with van der Waals surface area (Å²) in [5, 5.41) is 8.49. The molecule has 0 aliphatic carbocycles. The smallest absolute Gasteiger partial charge is 0.341 e. The van der Waals surface area contributed by atoms with Crippen LogP contribution in [0.5, 0.6) is 0 Å². The van der Waals surface area contributed by atoms with E-state index in [4.69, 9.17) is 4.74 Å². The van der Waals surface area contributed by atoms with Crippen molar-refractivity contribution in [2.24, 2.45) is 0 Å². The molecule has 0 aliphatic rings. The van der Waals surface area contributed by atoms with Gasteiger partial charge in [0.25, 0.3) is 10.0 Å². The molecule has 220 valence electrons. The molecule has 0 saturated heterocycles. The summed E-state index contributed by atoms with van der Waals surface area (Å²) in [6.45, 7) is 7.09. The van der Waals surface area contributed by atoms with Crippen molar-refractivity contribution in [3.63, 3.8) is 0 Å². The number of rotatable bonds is 9. The number of aryl methyl sites for hydroxylation is 1. The van der Waals surface area contributed by atoms with Crippen molar-refractivity contribution in [1.82, 2.24) is 9.78 Å². The summed E-state index contributed by atoms with van der Waals surface area (Å²) in [5.74, 6) is -0.945. The molecule has 1 aromatic heterocycles. The predicted octanol–water partition coefficient (Wildman–Crippen LogP) is 5.96. The number of anilines is 2. The third-order valence-electron chi connectivity index (χ3n) is 7.35. The second-order valence-electron chi connectivity index (χ2n) is 10.1. The minimum absolute atomic E-state index is 0.125. The van der Waals surface area contributed by atoms with E-state index in [9.17, 15) is 18.0 Å². The van der Waals surface area contributed by atoms with Gasteiger partial charge in [-0.15, -0.1) is 0 Å². The van der Waals surface area contributed by atoms with Gasteiger partial charge in [-0.1, -0.05) is 48.5 Å². The highest BCUT2D eigenvalue weighted by Crippen LogP contribution is 2.32. The van der Waals surface area contributed by atoms with E-state index in [-0.39, 0.29) is 11.5 Å². The minimum Gasteiger partial charge on any atom is -0.462 e. The Bertz CT molecular complexity index is 1930. The summed E-state index contributed by atoms with van der Waals surface area (Å²) in [6.07, 6.45) is 1.46. The maximum Gasteiger partial charge on any atom is 0.341 e. The number of ether oxygens (including phenoxy) is 1. The van der Waals surface area contributed by atoms with Gasteiger partial charge in [0.1, 0.15) is 12.1 Å². The largest absolute Gasteiger partial charge is 0.462 e. The first-order chi connectivity index (χ1) is 20.6. The average molecular weight is 597 g/mol. The molecule has 0 unspecified atom stereocenters. The summed E-state index contributed by atoms with van der Waals surface area (Å²) in [7, 11) is -4.14. The van der Waals surface area contributed by atoms with Gasteiger partial charge in [0.05, 0.1) is 34.8 Å². The summed E-state index contributed by atoms with van der Waals surface area (Å²) >= 11 is 0. The van der Waals surface area contributed by atoms with Gasteiger partial charge in [-0.3, -0.25) is 9.10 Å². The lowest BCUT2D eigenvalue weighted by Crippen LogP contribution is -2.38. The summed E-state index contributed by atoms with van der Waals surface area (Å²) < 4.78 is 36.3. The highest BCUT2D eigenvalue weighted by Gasteiger charge is 2.30. The van der Waals surface area contributed by atoms with Crippen molar-refractivity contribution in [3.05, 3.63) is 114 Å². The molecule has 1 heterocycles. The molecule has 0 spiro atoms. The van der Waals surface area contributed by atoms with Gasteiger partial charge in [0.2, 0.25) is 5.91 Å². The number of fused-ring (bicyclic) bond motifs is 1. The molecule has 0 radical (unpaired) electrons. The highest BCUT2D eigenvalue weighted by molar-refractivity contribution is 7.93. The van der Waals surface area contributed by atoms with E-state index in [1.165, 1.54) is 10.5 Å². The first-order valence-corrected chi connectivity index (χ1v) is 15.2. The van der Waals surface area contributed by atoms with Crippen molar-refractivity contribution in [3.8, 4) is 5.69 Å². The monoisotopic (exact) mass is 596 g/mol. The van der Waals surface area contributed by atoms with Gasteiger partial charge in [-0.2, -0.15) is 5.10 Å². The topological polar surface area (TPSA) is 111 Å². The number of nitrogens with zero attached hydrogens (tertiary/aromatic N) is 3. The van der Waals surface area contributed by atoms with Crippen LogP contribution in [0.3, 0.4) is 0 Å². The van der Waals surface area contributed by atoms with Gasteiger partial charge >= 0.3 is 5.97 Å². The molecule has 5 rings (SSSR count). The number of esters is 1. The Kier molecular flexibility index (Phi) is 8.31. The molecule has 1 N–H and O–H groups in total. The Morgan fingerprint density at radius 2 is 1.60 bits per heavy atom. The number of hydrogen-bond donors (Lipinski definition) is 1. The van der Waals surface area contributed by atoms with E-state index < -0.39 is 28.4 Å². The van der Waals surface area contributed by atoms with E-state index in [1.54, 1.807) is 79.2 Å². The Morgan fingerprint density at radius 3 is 2.35 bits per heavy atom. The number of carbonyl (C=O) groups excluding carboxylic acids is 2. The standard InChI is InChI=1S/C33H32N4O5S/c1-5-42-33(39)29-20-34-37(24(29)4)27-18-16-26(17-19-27)35-32(38)21-36(30-14-8-10-22(2)23(30)3)43(40,41)31-15-9-12-25-11-6-7-13-28(25)31/h6-20H,5,21H2,1-4H3,(H,35,38). The van der Waals surface area contributed by atoms with Crippen LogP contribution in [0.4, 0.5) is 11.4 Å². The van der Waals surface area contributed by atoms with Crippen LogP contribution in [-0.2, 0) is 19.6 Å². The van der Waals surface area contributed by atoms with E-state index in [0.717, 1.165) is 16.5 Å². The molecular weight excluding hydrogens is 564 g/mol. The fourth-order valence-electron chi connectivity index (χ4n) is 4.94. The van der Waals surface area contributed by atoms with Crippen molar-refractivity contribution >= 4 is 44.0 Å². The van der Waals surface area contributed by atoms with Crippen LogP contribution in [0, 0.1) is 20.8 Å². The maximum atomic E-state index is 14.2. The lowest BCUT2D eigenvalue weighted by Gasteiger charge is -2.27. The zero-order valence-corrected chi connectivity index (χ0v) is 25.2. The number of benzene rings is 4. The number of hydrogen-bond acceptors (Lipinski definition) is 6. The molecule has 0 fully saturated rings. The summed E-state index contributed by atoms with van der Waals surface area (Å²) in [5.41, 5.74) is 4.27. The van der Waals surface area contributed by atoms with Crippen LogP contribution in [0.1, 0.15) is 34.1 Å². The third-order valence-corrected chi connectivity index (χ3v) is 9.17. The van der Waals surface area contributed by atoms with E-state index in [2.05, 4.69) is 10.4 Å². The lowest BCUT2D eigenvalue weighted by molar-refractivity contribution is -0.114. The summed E-state index contributed by atoms with van der Waals surface area (Å²) in [4.78, 5) is 25.7. The van der Waals surface area contributed by atoms with E-state index in [0.29, 0.717) is 33.7 Å². The van der Waals surface area contributed by atoms with Crippen molar-refractivity contribution in [2.45, 2.75) is 32.6 Å². The van der Waals surface area contributed by atoms with Crippen LogP contribution in [-0.4, -0.2) is 43.2 Å². The van der Waals surface area contributed by atoms with Gasteiger partial charge in [0, 0.05) is 11.1 Å². The number of aromatic nitrogens is 2. The molecule has 9 nitrogen and oxygen atoms in total. The first-order valence-electron chi connectivity index (χ1n) is 13.8. The Balaban J connectivity index is 1.43. The highest BCUT2D eigenvalue weighted by atomic mass is 32.2. The fourth-order valence-corrected chi connectivity index (χ4v) is 6.64. The van der Waals surface area contributed by atoms with Crippen molar-refractivity contribution in [1.29, 1.82) is 0 Å². The van der Waals surface area contributed by atoms with Gasteiger partial charge in [0.15, 0.2) is 0 Å². The Labute approximate surface area is 250 Å². The molecule has 43 heavy (non-hydrogen) atoms. The van der Waals surface area contributed by atoms with Crippen LogP contribution in [0.25, 0.3) is 16.5 Å². The van der Waals surface area contributed by atoms with Crippen LogP contribution in [0.2, 0.25) is 0 Å². The molecule has 10 heteroatoms. The van der Waals surface area contributed by atoms with Gasteiger partial charge < -0.3 is 10.1 Å². The molecule has 0 bridgehead atoms. The number of carbonyl (C=O) groups is 2. The van der Waals surface area contributed by atoms with E-state index in [1.807, 2.05) is 38.1 Å². The molecule has 5 aromatic rings. The number of sulfonamides is 1. The van der Waals surface area contributed by atoms with Crippen LogP contribution in [0.15, 0.2) is 96.0 Å². The van der Waals surface area contributed by atoms with Crippen LogP contribution < -0.4 is 9.62 Å². The normalized spacial score (nSPS) is 11.3. The molecule has 1 amide bonds. The first kappa shape index (κ1) is 29.5. The zero-order valence-electron chi connectivity index (χ0n) is 24.4. The minimum atomic E-state index is -4.14. The zero-order chi connectivity index (χ0) is 30.7. The van der Waals surface area contributed by atoms with E-state index >= 15 is 0 Å². The van der Waals surface area contributed by atoms with Gasteiger partial charge in [-0.25, -0.2) is 17.9 Å². The maximum absolute atomic E-state index is 14.2. The SMILES string of the molecule is CCOC(=O)c1cnn(-c2ccc(NC(=O)CN(c3cccc(C)c3C)S(=O)(=O)c3cccc4ccccc34)cc2)c1C. The van der Waals surface area contributed by atoms with Crippen molar-refractivity contribution in [2.75, 3.05) is 22.8 Å². The fraction of sp³-hybridized carbons (Fsp3) is 0.182. The average Bonchev–Trinajstić information content (AvgIpc) is 3.39. The molecule has 4 aromatic carbocycles. The summed E-state index contributed by atoms with van der Waals surface area (Å²) in [6, 6.07) is 24.7. The van der Waals surface area contributed by atoms with Gasteiger partial charge in [-0.05, 0) is 80.6 Å². The lowest BCUT2D eigenvalue weighted by atomic mass is 10.1. The molecular formula is C33H32N4O5S. The Morgan fingerprint density at radius 1 is 0.907 bits per heavy atom. The molecule has 0 saturated carbocycles. The van der Waals surface area contributed by atoms with Crippen molar-refractivity contribution < 1.29 is 22.7 Å². The third kappa shape index (κ3) is 5.87. The predicted molar refractivity (Wildman–Crippen MR) is 167 cm³/mol. The number of nitrogens with one attached hydrogen (secondary N) is 1. The Hall–Kier alpha value is -4.96. The molecule has 0 atom stereocenters. The molecule has 0 aliphatic heterocycles.